The second-order valence-corrected chi connectivity index (χ2v) is 5.07. The molecule has 0 bridgehead atoms. The summed E-state index contributed by atoms with van der Waals surface area (Å²) in [4.78, 5) is 0. The van der Waals surface area contributed by atoms with E-state index in [4.69, 9.17) is 9.15 Å². The average molecular weight is 267 g/mol. The van der Waals surface area contributed by atoms with E-state index in [-0.39, 0.29) is 0 Å². The number of nitrogens with zero attached hydrogens (tertiary/aromatic N) is 2. The highest BCUT2D eigenvalue weighted by atomic mass is 16.5. The van der Waals surface area contributed by atoms with Crippen LogP contribution in [0.4, 0.5) is 0 Å². The third-order valence-corrected chi connectivity index (χ3v) is 3.46. The highest BCUT2D eigenvalue weighted by Crippen LogP contribution is 2.17. The summed E-state index contributed by atoms with van der Waals surface area (Å²) in [5, 5.41) is 11.5. The van der Waals surface area contributed by atoms with Gasteiger partial charge in [-0.2, -0.15) is 0 Å². The molecule has 5 heteroatoms. The highest BCUT2D eigenvalue weighted by Gasteiger charge is 2.15. The molecular weight excluding hydrogens is 242 g/mol. The fourth-order valence-electron chi connectivity index (χ4n) is 2.35. The van der Waals surface area contributed by atoms with Crippen molar-refractivity contribution in [1.29, 1.82) is 0 Å². The Morgan fingerprint density at radius 2 is 2.05 bits per heavy atom. The summed E-state index contributed by atoms with van der Waals surface area (Å²) < 4.78 is 11.3. The fraction of sp³-hybridized carbons (Fsp3) is 0.857. The minimum Gasteiger partial charge on any atom is -0.425 e. The maximum absolute atomic E-state index is 5.70. The lowest BCUT2D eigenvalue weighted by atomic mass is 10.0. The molecule has 0 aromatic carbocycles. The molecule has 2 rings (SSSR count). The predicted molar refractivity (Wildman–Crippen MR) is 73.1 cm³/mol. The van der Waals surface area contributed by atoms with E-state index in [9.17, 15) is 0 Å². The quantitative estimate of drug-likeness (QED) is 0.731. The summed E-state index contributed by atoms with van der Waals surface area (Å²) in [7, 11) is 0. The summed E-state index contributed by atoms with van der Waals surface area (Å²) in [5.41, 5.74) is 0. The molecule has 1 fully saturated rings. The molecule has 0 spiro atoms. The highest BCUT2D eigenvalue weighted by molar-refractivity contribution is 4.83. The van der Waals surface area contributed by atoms with Gasteiger partial charge in [0, 0.05) is 19.4 Å². The van der Waals surface area contributed by atoms with Crippen LogP contribution in [0.15, 0.2) is 4.42 Å². The van der Waals surface area contributed by atoms with E-state index in [1.165, 1.54) is 19.3 Å². The first-order valence-electron chi connectivity index (χ1n) is 7.52. The van der Waals surface area contributed by atoms with Gasteiger partial charge in [0.1, 0.15) is 0 Å². The van der Waals surface area contributed by atoms with Crippen molar-refractivity contribution < 1.29 is 9.15 Å². The van der Waals surface area contributed by atoms with Crippen molar-refractivity contribution in [3.8, 4) is 0 Å². The summed E-state index contributed by atoms with van der Waals surface area (Å²) in [6.45, 7) is 5.03. The molecular formula is C14H25N3O2. The van der Waals surface area contributed by atoms with E-state index in [0.29, 0.717) is 6.10 Å². The summed E-state index contributed by atoms with van der Waals surface area (Å²) in [6, 6.07) is 0. The lowest BCUT2D eigenvalue weighted by molar-refractivity contribution is 0.0105. The van der Waals surface area contributed by atoms with Gasteiger partial charge in [-0.1, -0.05) is 6.92 Å². The van der Waals surface area contributed by atoms with Crippen LogP contribution in [0, 0.1) is 0 Å². The number of aryl methyl sites for hydroxylation is 2. The van der Waals surface area contributed by atoms with E-state index >= 15 is 0 Å². The number of hydrogen-bond acceptors (Lipinski definition) is 5. The monoisotopic (exact) mass is 267 g/mol. The van der Waals surface area contributed by atoms with Gasteiger partial charge in [0.05, 0.1) is 6.10 Å². The van der Waals surface area contributed by atoms with Crippen molar-refractivity contribution in [2.45, 2.75) is 58.0 Å². The molecule has 1 aromatic rings. The van der Waals surface area contributed by atoms with E-state index < -0.39 is 0 Å². The van der Waals surface area contributed by atoms with Gasteiger partial charge >= 0.3 is 0 Å². The van der Waals surface area contributed by atoms with Gasteiger partial charge in [0.15, 0.2) is 0 Å². The first kappa shape index (κ1) is 14.5. The van der Waals surface area contributed by atoms with Crippen LogP contribution < -0.4 is 5.32 Å². The zero-order valence-corrected chi connectivity index (χ0v) is 11.9. The Balaban J connectivity index is 1.65. The van der Waals surface area contributed by atoms with E-state index in [2.05, 4.69) is 22.4 Å². The number of nitrogens with one attached hydrogen (secondary N) is 1. The molecule has 1 aliphatic heterocycles. The van der Waals surface area contributed by atoms with Crippen molar-refractivity contribution in [1.82, 2.24) is 15.5 Å². The molecule has 0 amide bonds. The van der Waals surface area contributed by atoms with E-state index in [1.807, 2.05) is 0 Å². The SMILES string of the molecule is CCNCCCc1nnc(CCC2CCCCO2)o1. The normalized spacial score (nSPS) is 19.7. The third-order valence-electron chi connectivity index (χ3n) is 3.46. The number of hydrogen-bond donors (Lipinski definition) is 1. The summed E-state index contributed by atoms with van der Waals surface area (Å²) in [6.07, 6.45) is 7.78. The van der Waals surface area contributed by atoms with Crippen LogP contribution in [0.3, 0.4) is 0 Å². The Morgan fingerprint density at radius 1 is 1.21 bits per heavy atom. The third kappa shape index (κ3) is 5.28. The topological polar surface area (TPSA) is 60.2 Å². The first-order valence-corrected chi connectivity index (χ1v) is 7.52. The Kier molecular flexibility index (Phi) is 6.30. The number of rotatable bonds is 8. The average Bonchev–Trinajstić information content (AvgIpc) is 2.91. The first-order chi connectivity index (χ1) is 9.38. The molecule has 1 N–H and O–H groups in total. The number of ether oxygens (including phenoxy) is 1. The number of aromatic nitrogens is 2. The zero-order chi connectivity index (χ0) is 13.3. The molecule has 19 heavy (non-hydrogen) atoms. The van der Waals surface area contributed by atoms with Gasteiger partial charge < -0.3 is 14.5 Å². The van der Waals surface area contributed by atoms with Crippen LogP contribution in [0.25, 0.3) is 0 Å². The minimum absolute atomic E-state index is 0.387. The molecule has 1 unspecified atom stereocenters. The summed E-state index contributed by atoms with van der Waals surface area (Å²) in [5.74, 6) is 1.52. The minimum atomic E-state index is 0.387. The van der Waals surface area contributed by atoms with Gasteiger partial charge in [-0.15, -0.1) is 10.2 Å². The molecule has 2 heterocycles. The molecule has 1 saturated heterocycles. The smallest absolute Gasteiger partial charge is 0.216 e. The Labute approximate surface area is 115 Å². The van der Waals surface area contributed by atoms with Crippen molar-refractivity contribution in [2.24, 2.45) is 0 Å². The van der Waals surface area contributed by atoms with Gasteiger partial charge in [-0.05, 0) is 45.2 Å². The molecule has 0 aliphatic carbocycles. The van der Waals surface area contributed by atoms with Crippen molar-refractivity contribution >= 4 is 0 Å². The van der Waals surface area contributed by atoms with Gasteiger partial charge in [0.2, 0.25) is 11.8 Å². The molecule has 5 nitrogen and oxygen atoms in total. The zero-order valence-electron chi connectivity index (χ0n) is 11.9. The second-order valence-electron chi connectivity index (χ2n) is 5.07. The standard InChI is InChI=1S/C14H25N3O2/c1-2-15-10-5-7-13-16-17-14(19-13)9-8-12-6-3-4-11-18-12/h12,15H,2-11H2,1H3. The lowest BCUT2D eigenvalue weighted by Crippen LogP contribution is -2.19. The Bertz CT molecular complexity index is 348. The van der Waals surface area contributed by atoms with Crippen LogP contribution in [0.2, 0.25) is 0 Å². The molecule has 1 aliphatic rings. The van der Waals surface area contributed by atoms with Crippen molar-refractivity contribution in [3.05, 3.63) is 11.8 Å². The van der Waals surface area contributed by atoms with E-state index in [0.717, 1.165) is 57.2 Å². The molecule has 1 atom stereocenters. The Hall–Kier alpha value is -0.940. The van der Waals surface area contributed by atoms with Crippen LogP contribution in [0.5, 0.6) is 0 Å². The van der Waals surface area contributed by atoms with Crippen molar-refractivity contribution in [3.63, 3.8) is 0 Å². The van der Waals surface area contributed by atoms with E-state index in [1.54, 1.807) is 0 Å². The molecule has 1 aromatic heterocycles. The van der Waals surface area contributed by atoms with Crippen LogP contribution in [-0.4, -0.2) is 36.0 Å². The largest absolute Gasteiger partial charge is 0.425 e. The molecule has 0 radical (unpaired) electrons. The van der Waals surface area contributed by atoms with Crippen LogP contribution in [0.1, 0.15) is 50.8 Å². The van der Waals surface area contributed by atoms with Gasteiger partial charge in [0.25, 0.3) is 0 Å². The fourth-order valence-corrected chi connectivity index (χ4v) is 2.35. The van der Waals surface area contributed by atoms with Crippen LogP contribution in [-0.2, 0) is 17.6 Å². The van der Waals surface area contributed by atoms with Crippen molar-refractivity contribution in [2.75, 3.05) is 19.7 Å². The maximum Gasteiger partial charge on any atom is 0.216 e. The lowest BCUT2D eigenvalue weighted by Gasteiger charge is -2.21. The van der Waals surface area contributed by atoms with Gasteiger partial charge in [-0.25, -0.2) is 0 Å². The Morgan fingerprint density at radius 3 is 2.79 bits per heavy atom. The second kappa shape index (κ2) is 8.27. The molecule has 108 valence electrons. The summed E-state index contributed by atoms with van der Waals surface area (Å²) >= 11 is 0. The van der Waals surface area contributed by atoms with Crippen LogP contribution >= 0.6 is 0 Å². The molecule has 0 saturated carbocycles. The van der Waals surface area contributed by atoms with Gasteiger partial charge in [-0.3, -0.25) is 0 Å². The maximum atomic E-state index is 5.70. The predicted octanol–water partition coefficient (Wildman–Crippen LogP) is 2.11.